The number of rotatable bonds is 3. The van der Waals surface area contributed by atoms with Gasteiger partial charge in [-0.15, -0.1) is 0 Å². The highest BCUT2D eigenvalue weighted by atomic mass is 16.5. The van der Waals surface area contributed by atoms with Crippen LogP contribution in [0.2, 0.25) is 0 Å². The third-order valence-electron chi connectivity index (χ3n) is 2.36. The Hall–Kier alpha value is -2.30. The van der Waals surface area contributed by atoms with Crippen LogP contribution >= 0.6 is 0 Å². The number of nitrogen functional groups attached to an aromatic ring is 1. The molecule has 0 unspecified atom stereocenters. The van der Waals surface area contributed by atoms with Crippen molar-refractivity contribution in [2.45, 2.75) is 20.0 Å². The van der Waals surface area contributed by atoms with Gasteiger partial charge in [-0.05, 0) is 37.6 Å². The van der Waals surface area contributed by atoms with Crippen molar-refractivity contribution < 1.29 is 4.74 Å². The first kappa shape index (κ1) is 12.2. The maximum atomic E-state index is 11.6. The van der Waals surface area contributed by atoms with E-state index < -0.39 is 0 Å². The fraction of sp³-hybridized carbons (Fsp3) is 0.231. The van der Waals surface area contributed by atoms with Crippen molar-refractivity contribution in [2.75, 3.05) is 5.73 Å². The van der Waals surface area contributed by atoms with Gasteiger partial charge in [0.2, 0.25) is 0 Å². The number of hydrogen-bond acceptors (Lipinski definition) is 4. The van der Waals surface area contributed by atoms with Crippen LogP contribution in [0.4, 0.5) is 5.82 Å². The summed E-state index contributed by atoms with van der Waals surface area (Å²) in [4.78, 5) is 11.6. The third kappa shape index (κ3) is 2.68. The van der Waals surface area contributed by atoms with E-state index in [2.05, 4.69) is 10.2 Å². The van der Waals surface area contributed by atoms with Crippen LogP contribution in [0.5, 0.6) is 5.75 Å². The molecule has 0 saturated carbocycles. The van der Waals surface area contributed by atoms with Gasteiger partial charge in [-0.2, -0.15) is 5.10 Å². The second kappa shape index (κ2) is 4.91. The van der Waals surface area contributed by atoms with E-state index in [4.69, 9.17) is 10.5 Å². The Balaban J connectivity index is 2.34. The molecule has 5 nitrogen and oxygen atoms in total. The summed E-state index contributed by atoms with van der Waals surface area (Å²) in [5, 5.41) is 5.99. The number of aromatic amines is 1. The second-order valence-corrected chi connectivity index (χ2v) is 4.23. The Bertz CT molecular complexity index is 588. The zero-order chi connectivity index (χ0) is 13.1. The summed E-state index contributed by atoms with van der Waals surface area (Å²) in [5.41, 5.74) is 6.57. The molecule has 0 amide bonds. The molecule has 0 bridgehead atoms. The summed E-state index contributed by atoms with van der Waals surface area (Å²) in [7, 11) is 0. The van der Waals surface area contributed by atoms with Crippen molar-refractivity contribution in [1.29, 1.82) is 0 Å². The van der Waals surface area contributed by atoms with Gasteiger partial charge in [0.1, 0.15) is 11.6 Å². The normalized spacial score (nSPS) is 10.6. The topological polar surface area (TPSA) is 81.0 Å². The van der Waals surface area contributed by atoms with Gasteiger partial charge < -0.3 is 10.5 Å². The number of nitrogens with two attached hydrogens (primary N) is 1. The molecular formula is C13H15N3O2. The first-order chi connectivity index (χ1) is 8.56. The molecule has 2 rings (SSSR count). The van der Waals surface area contributed by atoms with Crippen LogP contribution in [0.1, 0.15) is 13.8 Å². The van der Waals surface area contributed by atoms with Crippen LogP contribution in [0.3, 0.4) is 0 Å². The van der Waals surface area contributed by atoms with E-state index in [1.165, 1.54) is 0 Å². The number of aromatic nitrogens is 2. The largest absolute Gasteiger partial charge is 0.491 e. The number of nitrogens with zero attached hydrogens (tertiary/aromatic N) is 1. The van der Waals surface area contributed by atoms with E-state index >= 15 is 0 Å². The predicted molar refractivity (Wildman–Crippen MR) is 70.5 cm³/mol. The number of H-pyrrole nitrogens is 1. The van der Waals surface area contributed by atoms with Gasteiger partial charge in [0.25, 0.3) is 5.56 Å². The molecule has 0 aliphatic carbocycles. The maximum absolute atomic E-state index is 11.6. The molecule has 1 heterocycles. The van der Waals surface area contributed by atoms with Gasteiger partial charge in [0.05, 0.1) is 11.7 Å². The summed E-state index contributed by atoms with van der Waals surface area (Å²) in [6, 6.07) is 8.84. The van der Waals surface area contributed by atoms with E-state index in [-0.39, 0.29) is 17.5 Å². The van der Waals surface area contributed by atoms with Crippen molar-refractivity contribution in [1.82, 2.24) is 10.2 Å². The summed E-state index contributed by atoms with van der Waals surface area (Å²) in [5.74, 6) is 1.05. The monoisotopic (exact) mass is 245 g/mol. The zero-order valence-corrected chi connectivity index (χ0v) is 10.3. The molecule has 1 aromatic heterocycles. The minimum Gasteiger partial charge on any atom is -0.491 e. The van der Waals surface area contributed by atoms with Gasteiger partial charge in [-0.3, -0.25) is 4.79 Å². The predicted octanol–water partition coefficient (Wildman–Crippen LogP) is 1.81. The standard InChI is InChI=1S/C13H15N3O2/c1-8(2)18-10-5-3-9(4-6-10)11-7-12(14)15-16-13(11)17/h3-8H,1-2H3,(H2,14,15)(H,16,17). The van der Waals surface area contributed by atoms with Crippen molar-refractivity contribution >= 4 is 5.82 Å². The lowest BCUT2D eigenvalue weighted by molar-refractivity contribution is 0.242. The highest BCUT2D eigenvalue weighted by Gasteiger charge is 2.05. The Morgan fingerprint density at radius 3 is 2.56 bits per heavy atom. The molecule has 0 saturated heterocycles. The smallest absolute Gasteiger partial charge is 0.272 e. The lowest BCUT2D eigenvalue weighted by Gasteiger charge is -2.09. The summed E-state index contributed by atoms with van der Waals surface area (Å²) in [6.45, 7) is 3.92. The lowest BCUT2D eigenvalue weighted by atomic mass is 10.1. The Kier molecular flexibility index (Phi) is 3.32. The van der Waals surface area contributed by atoms with E-state index in [1.807, 2.05) is 38.1 Å². The van der Waals surface area contributed by atoms with Crippen LogP contribution in [0, 0.1) is 0 Å². The highest BCUT2D eigenvalue weighted by molar-refractivity contribution is 5.65. The molecule has 94 valence electrons. The van der Waals surface area contributed by atoms with Gasteiger partial charge in [0, 0.05) is 0 Å². The number of anilines is 1. The Labute approximate surface area is 105 Å². The number of nitrogens with one attached hydrogen (secondary N) is 1. The third-order valence-corrected chi connectivity index (χ3v) is 2.36. The highest BCUT2D eigenvalue weighted by Crippen LogP contribution is 2.20. The van der Waals surface area contributed by atoms with Crippen molar-refractivity contribution in [3.63, 3.8) is 0 Å². The first-order valence-electron chi connectivity index (χ1n) is 5.68. The molecule has 0 aliphatic heterocycles. The molecule has 1 aromatic carbocycles. The average Bonchev–Trinajstić information content (AvgIpc) is 2.33. The lowest BCUT2D eigenvalue weighted by Crippen LogP contribution is -2.12. The molecule has 18 heavy (non-hydrogen) atoms. The van der Waals surface area contributed by atoms with Gasteiger partial charge in [-0.25, -0.2) is 5.10 Å². The van der Waals surface area contributed by atoms with Crippen LogP contribution in [-0.2, 0) is 0 Å². The minimum atomic E-state index is -0.262. The quantitative estimate of drug-likeness (QED) is 0.864. The number of hydrogen-bond donors (Lipinski definition) is 2. The Morgan fingerprint density at radius 1 is 1.28 bits per heavy atom. The average molecular weight is 245 g/mol. The number of ether oxygens (including phenoxy) is 1. The van der Waals surface area contributed by atoms with Crippen LogP contribution in [0.15, 0.2) is 35.1 Å². The fourth-order valence-corrected chi connectivity index (χ4v) is 1.62. The summed E-state index contributed by atoms with van der Waals surface area (Å²) >= 11 is 0. The molecule has 2 aromatic rings. The van der Waals surface area contributed by atoms with E-state index in [0.29, 0.717) is 5.56 Å². The molecule has 0 aliphatic rings. The molecular weight excluding hydrogens is 230 g/mol. The molecule has 3 N–H and O–H groups in total. The molecule has 0 fully saturated rings. The van der Waals surface area contributed by atoms with Crippen LogP contribution in [0.25, 0.3) is 11.1 Å². The van der Waals surface area contributed by atoms with E-state index in [0.717, 1.165) is 11.3 Å². The molecule has 0 radical (unpaired) electrons. The number of benzene rings is 1. The van der Waals surface area contributed by atoms with Crippen molar-refractivity contribution in [3.05, 3.63) is 40.7 Å². The van der Waals surface area contributed by atoms with E-state index in [9.17, 15) is 4.79 Å². The summed E-state index contributed by atoms with van der Waals surface area (Å²) in [6.07, 6.45) is 0.121. The van der Waals surface area contributed by atoms with Gasteiger partial charge in [0.15, 0.2) is 0 Å². The SMILES string of the molecule is CC(C)Oc1ccc(-c2cc(N)n[nH]c2=O)cc1. The molecule has 0 atom stereocenters. The molecule has 5 heteroatoms. The fourth-order valence-electron chi connectivity index (χ4n) is 1.62. The minimum absolute atomic E-state index is 0.121. The summed E-state index contributed by atoms with van der Waals surface area (Å²) < 4.78 is 5.54. The zero-order valence-electron chi connectivity index (χ0n) is 10.3. The second-order valence-electron chi connectivity index (χ2n) is 4.23. The van der Waals surface area contributed by atoms with Crippen LogP contribution < -0.4 is 16.0 Å². The van der Waals surface area contributed by atoms with Crippen molar-refractivity contribution in [2.24, 2.45) is 0 Å². The maximum Gasteiger partial charge on any atom is 0.272 e. The van der Waals surface area contributed by atoms with E-state index in [1.54, 1.807) is 6.07 Å². The van der Waals surface area contributed by atoms with Crippen molar-refractivity contribution in [3.8, 4) is 16.9 Å². The van der Waals surface area contributed by atoms with Gasteiger partial charge >= 0.3 is 0 Å². The van der Waals surface area contributed by atoms with Crippen LogP contribution in [-0.4, -0.2) is 16.3 Å². The molecule has 0 spiro atoms. The van der Waals surface area contributed by atoms with Gasteiger partial charge in [-0.1, -0.05) is 12.1 Å². The first-order valence-corrected chi connectivity index (χ1v) is 5.68. The Morgan fingerprint density at radius 2 is 1.94 bits per heavy atom.